The van der Waals surface area contributed by atoms with Gasteiger partial charge in [0.25, 0.3) is 0 Å². The molecule has 0 radical (unpaired) electrons. The van der Waals surface area contributed by atoms with Crippen LogP contribution in [0.25, 0.3) is 10.2 Å². The minimum atomic E-state index is 0.0591. The number of ether oxygens (including phenoxy) is 3. The number of thioether (sulfide) groups is 1. The van der Waals surface area contributed by atoms with E-state index in [2.05, 4.69) is 4.90 Å². The molecule has 0 bridgehead atoms. The maximum atomic E-state index is 13.3. The summed E-state index contributed by atoms with van der Waals surface area (Å²) < 4.78 is 17.0. The number of thiazole rings is 1. The number of fused-ring (bicyclic) bond motifs is 1. The van der Waals surface area contributed by atoms with Gasteiger partial charge < -0.3 is 14.2 Å². The van der Waals surface area contributed by atoms with E-state index in [0.717, 1.165) is 71.0 Å². The van der Waals surface area contributed by atoms with Crippen LogP contribution in [0.1, 0.15) is 6.42 Å². The summed E-state index contributed by atoms with van der Waals surface area (Å²) >= 11 is 3.07. The summed E-state index contributed by atoms with van der Waals surface area (Å²) in [6.45, 7) is 5.03. The first-order chi connectivity index (χ1) is 16.2. The lowest BCUT2D eigenvalue weighted by molar-refractivity contribution is -0.116. The van der Waals surface area contributed by atoms with Crippen molar-refractivity contribution in [3.05, 3.63) is 42.5 Å². The lowest BCUT2D eigenvalue weighted by Crippen LogP contribution is -2.39. The van der Waals surface area contributed by atoms with Gasteiger partial charge in [0.15, 0.2) is 5.13 Å². The van der Waals surface area contributed by atoms with Crippen molar-refractivity contribution in [3.8, 4) is 11.5 Å². The van der Waals surface area contributed by atoms with Crippen LogP contribution >= 0.6 is 23.1 Å². The number of nitrogens with zero attached hydrogens (tertiary/aromatic N) is 3. The summed E-state index contributed by atoms with van der Waals surface area (Å²) in [7, 11) is 3.29. The summed E-state index contributed by atoms with van der Waals surface area (Å²) in [5.74, 6) is 1.98. The van der Waals surface area contributed by atoms with Gasteiger partial charge in [-0.3, -0.25) is 14.6 Å². The molecule has 0 spiro atoms. The molecule has 176 valence electrons. The lowest BCUT2D eigenvalue weighted by Gasteiger charge is -2.27. The standard InChI is InChI=1S/C24H29N3O4S2/c1-29-18-4-7-20(8-5-18)32-17-23(28)27(11-3-10-26-12-14-31-15-13-26)24-25-21-16-19(30-2)6-9-22(21)33-24/h4-9,16H,3,10-15,17H2,1-2H3. The van der Waals surface area contributed by atoms with E-state index in [9.17, 15) is 4.79 Å². The van der Waals surface area contributed by atoms with Crippen molar-refractivity contribution >= 4 is 44.4 Å². The Morgan fingerprint density at radius 2 is 1.85 bits per heavy atom. The fourth-order valence-electron chi connectivity index (χ4n) is 3.64. The molecule has 1 aromatic heterocycles. The minimum absolute atomic E-state index is 0.0591. The van der Waals surface area contributed by atoms with Gasteiger partial charge in [-0.1, -0.05) is 11.3 Å². The van der Waals surface area contributed by atoms with Crippen molar-refractivity contribution < 1.29 is 19.0 Å². The van der Waals surface area contributed by atoms with Crippen molar-refractivity contribution in [2.75, 3.05) is 64.3 Å². The summed E-state index contributed by atoms with van der Waals surface area (Å²) in [4.78, 5) is 23.3. The average Bonchev–Trinajstić information content (AvgIpc) is 3.29. The van der Waals surface area contributed by atoms with Crippen LogP contribution in [0.5, 0.6) is 11.5 Å². The number of carbonyl (C=O) groups is 1. The first-order valence-corrected chi connectivity index (χ1v) is 12.8. The maximum absolute atomic E-state index is 13.3. The fourth-order valence-corrected chi connectivity index (χ4v) is 5.40. The number of hydrogen-bond acceptors (Lipinski definition) is 8. The van der Waals surface area contributed by atoms with Gasteiger partial charge in [0.1, 0.15) is 11.5 Å². The summed E-state index contributed by atoms with van der Waals surface area (Å²) in [6.07, 6.45) is 0.887. The molecule has 1 amide bonds. The van der Waals surface area contributed by atoms with E-state index in [1.807, 2.05) is 47.4 Å². The maximum Gasteiger partial charge on any atom is 0.239 e. The molecule has 2 heterocycles. The molecule has 4 rings (SSSR count). The first-order valence-electron chi connectivity index (χ1n) is 11.0. The molecule has 1 aliphatic rings. The molecule has 0 atom stereocenters. The van der Waals surface area contributed by atoms with Crippen molar-refractivity contribution in [1.82, 2.24) is 9.88 Å². The van der Waals surface area contributed by atoms with Crippen LogP contribution in [-0.2, 0) is 9.53 Å². The van der Waals surface area contributed by atoms with Gasteiger partial charge >= 0.3 is 0 Å². The Labute approximate surface area is 202 Å². The van der Waals surface area contributed by atoms with Crippen LogP contribution in [0.15, 0.2) is 47.4 Å². The molecule has 1 fully saturated rings. The fraction of sp³-hybridized carbons (Fsp3) is 0.417. The molecule has 7 nitrogen and oxygen atoms in total. The van der Waals surface area contributed by atoms with Crippen molar-refractivity contribution in [2.45, 2.75) is 11.3 Å². The van der Waals surface area contributed by atoms with E-state index < -0.39 is 0 Å². The number of rotatable bonds is 10. The van der Waals surface area contributed by atoms with Crippen molar-refractivity contribution in [1.29, 1.82) is 0 Å². The topological polar surface area (TPSA) is 64.1 Å². The highest BCUT2D eigenvalue weighted by molar-refractivity contribution is 8.00. The Bertz CT molecular complexity index is 1050. The second kappa shape index (κ2) is 11.7. The monoisotopic (exact) mass is 487 g/mol. The van der Waals surface area contributed by atoms with Crippen molar-refractivity contribution in [3.63, 3.8) is 0 Å². The van der Waals surface area contributed by atoms with Crippen LogP contribution in [0.4, 0.5) is 5.13 Å². The Morgan fingerprint density at radius 3 is 2.58 bits per heavy atom. The number of amides is 1. The molecule has 1 saturated heterocycles. The molecule has 0 aliphatic carbocycles. The normalized spacial score (nSPS) is 14.4. The average molecular weight is 488 g/mol. The lowest BCUT2D eigenvalue weighted by atomic mass is 10.3. The number of methoxy groups -OCH3 is 2. The predicted molar refractivity (Wildman–Crippen MR) is 134 cm³/mol. The second-order valence-electron chi connectivity index (χ2n) is 7.65. The van der Waals surface area contributed by atoms with E-state index in [1.54, 1.807) is 25.6 Å². The van der Waals surface area contributed by atoms with Gasteiger partial charge in [-0.2, -0.15) is 0 Å². The third kappa shape index (κ3) is 6.38. The molecule has 2 aromatic carbocycles. The highest BCUT2D eigenvalue weighted by Gasteiger charge is 2.21. The minimum Gasteiger partial charge on any atom is -0.497 e. The molecular formula is C24H29N3O4S2. The Kier molecular flexibility index (Phi) is 8.44. The van der Waals surface area contributed by atoms with Crippen molar-refractivity contribution in [2.24, 2.45) is 0 Å². The molecule has 1 aliphatic heterocycles. The zero-order valence-corrected chi connectivity index (χ0v) is 20.6. The van der Waals surface area contributed by atoms with E-state index in [4.69, 9.17) is 19.2 Å². The van der Waals surface area contributed by atoms with Gasteiger partial charge in [-0.25, -0.2) is 4.98 Å². The Balaban J connectivity index is 1.46. The number of benzene rings is 2. The van der Waals surface area contributed by atoms with E-state index >= 15 is 0 Å². The molecular weight excluding hydrogens is 458 g/mol. The van der Waals surface area contributed by atoms with E-state index in [-0.39, 0.29) is 5.91 Å². The van der Waals surface area contributed by atoms with Crippen LogP contribution < -0.4 is 14.4 Å². The van der Waals surface area contributed by atoms with Gasteiger partial charge in [0, 0.05) is 37.1 Å². The first kappa shape index (κ1) is 23.8. The summed E-state index contributed by atoms with van der Waals surface area (Å²) in [6, 6.07) is 13.6. The largest absolute Gasteiger partial charge is 0.497 e. The summed E-state index contributed by atoms with van der Waals surface area (Å²) in [5.41, 5.74) is 0.850. The molecule has 9 heteroatoms. The van der Waals surface area contributed by atoms with E-state index in [0.29, 0.717) is 12.3 Å². The zero-order valence-electron chi connectivity index (χ0n) is 19.0. The van der Waals surface area contributed by atoms with Crippen LogP contribution in [0.2, 0.25) is 0 Å². The van der Waals surface area contributed by atoms with Crippen LogP contribution in [-0.4, -0.2) is 75.2 Å². The van der Waals surface area contributed by atoms with Gasteiger partial charge in [0.05, 0.1) is 43.4 Å². The quantitative estimate of drug-likeness (QED) is 0.398. The molecule has 33 heavy (non-hydrogen) atoms. The number of morpholine rings is 1. The summed E-state index contributed by atoms with van der Waals surface area (Å²) in [5, 5.41) is 0.737. The highest BCUT2D eigenvalue weighted by atomic mass is 32.2. The smallest absolute Gasteiger partial charge is 0.239 e. The highest BCUT2D eigenvalue weighted by Crippen LogP contribution is 2.32. The number of anilines is 1. The Hall–Kier alpha value is -2.33. The second-order valence-corrected chi connectivity index (χ2v) is 9.71. The SMILES string of the molecule is COc1ccc(SCC(=O)N(CCCN2CCOCC2)c2nc3cc(OC)ccc3s2)cc1. The van der Waals surface area contributed by atoms with Crippen LogP contribution in [0, 0.1) is 0 Å². The third-order valence-electron chi connectivity index (χ3n) is 5.50. The van der Waals surface area contributed by atoms with Gasteiger partial charge in [-0.15, -0.1) is 11.8 Å². The number of carbonyl (C=O) groups excluding carboxylic acids is 1. The van der Waals surface area contributed by atoms with E-state index in [1.165, 1.54) is 11.8 Å². The molecule has 0 saturated carbocycles. The Morgan fingerprint density at radius 1 is 1.12 bits per heavy atom. The van der Waals surface area contributed by atoms with Gasteiger partial charge in [-0.05, 0) is 42.8 Å². The number of hydrogen-bond donors (Lipinski definition) is 0. The molecule has 0 N–H and O–H groups in total. The van der Waals surface area contributed by atoms with Crippen LogP contribution in [0.3, 0.4) is 0 Å². The zero-order chi connectivity index (χ0) is 23.0. The number of aromatic nitrogens is 1. The molecule has 3 aromatic rings. The van der Waals surface area contributed by atoms with Gasteiger partial charge in [0.2, 0.25) is 5.91 Å². The molecule has 0 unspecified atom stereocenters. The third-order valence-corrected chi connectivity index (χ3v) is 7.55. The predicted octanol–water partition coefficient (Wildman–Crippen LogP) is 4.16.